The lowest BCUT2D eigenvalue weighted by Crippen LogP contribution is -2.24. The van der Waals surface area contributed by atoms with Crippen LogP contribution in [0.4, 0.5) is 0 Å². The maximum Gasteiger partial charge on any atom is 0.306 e. The molecule has 36 heavy (non-hydrogen) atoms. The van der Waals surface area contributed by atoms with E-state index in [0.717, 1.165) is 44.9 Å². The summed E-state index contributed by atoms with van der Waals surface area (Å²) in [5, 5.41) is 11.1. The zero-order valence-electron chi connectivity index (χ0n) is 20.3. The van der Waals surface area contributed by atoms with Crippen molar-refractivity contribution in [1.29, 1.82) is 0 Å². The Kier molecular flexibility index (Phi) is 6.26. The van der Waals surface area contributed by atoms with E-state index >= 15 is 0 Å². The Morgan fingerprint density at radius 1 is 1.06 bits per heavy atom. The zero-order valence-corrected chi connectivity index (χ0v) is 21.1. The molecule has 1 aliphatic rings. The van der Waals surface area contributed by atoms with Gasteiger partial charge in [-0.05, 0) is 88.1 Å². The molecule has 4 aromatic rings. The third-order valence-corrected chi connectivity index (χ3v) is 7.18. The van der Waals surface area contributed by atoms with Crippen LogP contribution in [0.3, 0.4) is 0 Å². The van der Waals surface area contributed by atoms with Gasteiger partial charge in [0.05, 0.1) is 34.2 Å². The molecule has 1 aliphatic carbocycles. The number of aromatic nitrogens is 3. The van der Waals surface area contributed by atoms with Gasteiger partial charge in [0, 0.05) is 21.7 Å². The van der Waals surface area contributed by atoms with Crippen LogP contribution in [0.1, 0.15) is 50.8 Å². The highest BCUT2D eigenvalue weighted by Crippen LogP contribution is 2.37. The summed E-state index contributed by atoms with van der Waals surface area (Å²) in [4.78, 5) is 34.5. The first-order chi connectivity index (χ1) is 17.2. The molecule has 0 spiro atoms. The van der Waals surface area contributed by atoms with E-state index in [1.807, 2.05) is 39.0 Å². The first-order valence-corrected chi connectivity index (χ1v) is 12.2. The van der Waals surface area contributed by atoms with Gasteiger partial charge in [-0.2, -0.15) is 0 Å². The van der Waals surface area contributed by atoms with E-state index in [-0.39, 0.29) is 12.5 Å². The van der Waals surface area contributed by atoms with Crippen LogP contribution >= 0.6 is 11.6 Å². The number of carbonyl (C=O) groups is 2. The van der Waals surface area contributed by atoms with Gasteiger partial charge in [-0.15, -0.1) is 0 Å². The number of carbonyl (C=O) groups excluding carboxylic acids is 1. The lowest BCUT2D eigenvalue weighted by molar-refractivity contribution is -0.142. The third-order valence-electron chi connectivity index (χ3n) is 6.93. The van der Waals surface area contributed by atoms with E-state index in [0.29, 0.717) is 35.6 Å². The molecule has 2 heterocycles. The zero-order chi connectivity index (χ0) is 25.6. The predicted octanol–water partition coefficient (Wildman–Crippen LogP) is 5.47. The maximum absolute atomic E-state index is 13.6. The van der Waals surface area contributed by atoms with Crippen molar-refractivity contribution in [2.45, 2.75) is 46.6 Å². The number of aliphatic carboxylic acids is 1. The Hall–Kier alpha value is -3.71. The molecule has 0 amide bonds. The minimum atomic E-state index is -0.818. The van der Waals surface area contributed by atoms with Crippen LogP contribution in [0.25, 0.3) is 10.9 Å². The molecule has 0 bridgehead atoms. The number of carboxylic acids is 1. The second-order valence-electron chi connectivity index (χ2n) is 9.24. The van der Waals surface area contributed by atoms with Crippen molar-refractivity contribution in [1.82, 2.24) is 14.5 Å². The number of ether oxygens (including phenoxy) is 1. The molecule has 5 rings (SSSR count). The number of nitrogens with zero attached hydrogens (tertiary/aromatic N) is 3. The quantitative estimate of drug-likeness (QED) is 0.388. The van der Waals surface area contributed by atoms with Gasteiger partial charge >= 0.3 is 5.97 Å². The fourth-order valence-corrected chi connectivity index (χ4v) is 4.97. The number of rotatable bonds is 5. The van der Waals surface area contributed by atoms with Gasteiger partial charge in [0.25, 0.3) is 5.91 Å². The van der Waals surface area contributed by atoms with Gasteiger partial charge < -0.3 is 9.84 Å². The molecule has 0 saturated carbocycles. The number of carboxylic acid groups (broad SMARTS) is 1. The topological polar surface area (TPSA) is 94.3 Å². The van der Waals surface area contributed by atoms with E-state index in [1.165, 1.54) is 0 Å². The summed E-state index contributed by atoms with van der Waals surface area (Å²) in [5.41, 5.74) is 6.34. The summed E-state index contributed by atoms with van der Waals surface area (Å²) in [6.45, 7) is 6.02. The second-order valence-corrected chi connectivity index (χ2v) is 9.68. The predicted molar refractivity (Wildman–Crippen MR) is 137 cm³/mol. The summed E-state index contributed by atoms with van der Waals surface area (Å²) < 4.78 is 7.80. The van der Waals surface area contributed by atoms with Crippen molar-refractivity contribution >= 4 is 34.4 Å². The first kappa shape index (κ1) is 24.0. The molecule has 0 radical (unpaired) electrons. The molecular weight excluding hydrogens is 478 g/mol. The Bertz CT molecular complexity index is 1510. The minimum absolute atomic E-state index is 0.165. The van der Waals surface area contributed by atoms with Crippen LogP contribution in [-0.4, -0.2) is 31.5 Å². The molecule has 1 N–H and O–H groups in total. The van der Waals surface area contributed by atoms with Crippen LogP contribution < -0.4 is 4.74 Å². The van der Waals surface area contributed by atoms with Crippen LogP contribution in [0.2, 0.25) is 5.02 Å². The number of aryl methyl sites for hydroxylation is 3. The van der Waals surface area contributed by atoms with Crippen molar-refractivity contribution in [2.24, 2.45) is 5.92 Å². The largest absolute Gasteiger partial charge is 0.487 e. The minimum Gasteiger partial charge on any atom is -0.487 e. The third kappa shape index (κ3) is 4.35. The molecule has 0 aliphatic heterocycles. The van der Waals surface area contributed by atoms with Gasteiger partial charge in [-0.25, -0.2) is 0 Å². The van der Waals surface area contributed by atoms with Crippen molar-refractivity contribution in [3.05, 3.63) is 87.1 Å². The highest BCUT2D eigenvalue weighted by Gasteiger charge is 2.31. The molecule has 8 heteroatoms. The smallest absolute Gasteiger partial charge is 0.306 e. The van der Waals surface area contributed by atoms with Gasteiger partial charge in [0.2, 0.25) is 0 Å². The molecule has 1 atom stereocenters. The van der Waals surface area contributed by atoms with Crippen molar-refractivity contribution in [2.75, 3.05) is 0 Å². The second kappa shape index (κ2) is 9.39. The molecule has 184 valence electrons. The summed E-state index contributed by atoms with van der Waals surface area (Å²) in [5.74, 6) is -0.846. The molecule has 2 aromatic heterocycles. The number of hydrogen-bond acceptors (Lipinski definition) is 5. The highest BCUT2D eigenvalue weighted by atomic mass is 35.5. The van der Waals surface area contributed by atoms with Crippen LogP contribution in [0, 0.1) is 26.7 Å². The molecule has 7 nitrogen and oxygen atoms in total. The summed E-state index contributed by atoms with van der Waals surface area (Å²) in [6.07, 6.45) is 1.36. The fourth-order valence-electron chi connectivity index (χ4n) is 4.84. The van der Waals surface area contributed by atoms with E-state index in [9.17, 15) is 14.7 Å². The van der Waals surface area contributed by atoms with Crippen molar-refractivity contribution in [3.63, 3.8) is 0 Å². The average Bonchev–Trinajstić information content (AvgIpc) is 3.18. The van der Waals surface area contributed by atoms with Crippen molar-refractivity contribution < 1.29 is 19.4 Å². The molecule has 2 aromatic carbocycles. The van der Waals surface area contributed by atoms with E-state index < -0.39 is 11.9 Å². The lowest BCUT2D eigenvalue weighted by atomic mass is 9.86. The fraction of sp³-hybridized carbons (Fsp3) is 0.286. The molecule has 0 fully saturated rings. The molecular formula is C28H26ClN3O4. The SMILES string of the molecule is Cc1nc(C)c(COc2ccc3c(c2)c2c(n3C(=O)c3ccc(Cl)cc3)CCC(C(=O)O)C2)nc1C. The van der Waals surface area contributed by atoms with E-state index in [4.69, 9.17) is 16.3 Å². The van der Waals surface area contributed by atoms with Crippen LogP contribution in [-0.2, 0) is 24.2 Å². The Morgan fingerprint density at radius 2 is 1.78 bits per heavy atom. The summed E-state index contributed by atoms with van der Waals surface area (Å²) in [6, 6.07) is 12.4. The Morgan fingerprint density at radius 3 is 2.50 bits per heavy atom. The number of benzene rings is 2. The number of hydrogen-bond donors (Lipinski definition) is 1. The van der Waals surface area contributed by atoms with Crippen LogP contribution in [0.15, 0.2) is 42.5 Å². The van der Waals surface area contributed by atoms with Crippen LogP contribution in [0.5, 0.6) is 5.75 Å². The standard InChI is InChI=1S/C28H26ClN3O4/c1-15-16(2)31-24(17(3)30-15)14-36-21-9-11-26-23(13-21)22-12-19(28(34)35)6-10-25(22)32(26)27(33)18-4-7-20(29)8-5-18/h4-5,7-9,11,13,19H,6,10,12,14H2,1-3H3,(H,34,35). The van der Waals surface area contributed by atoms with E-state index in [1.54, 1.807) is 28.8 Å². The Balaban J connectivity index is 1.55. The number of halogens is 1. The van der Waals surface area contributed by atoms with Gasteiger partial charge in [-0.3, -0.25) is 24.1 Å². The van der Waals surface area contributed by atoms with Crippen molar-refractivity contribution in [3.8, 4) is 5.75 Å². The Labute approximate surface area is 213 Å². The maximum atomic E-state index is 13.6. The summed E-state index contributed by atoms with van der Waals surface area (Å²) in [7, 11) is 0. The summed E-state index contributed by atoms with van der Waals surface area (Å²) >= 11 is 6.02. The van der Waals surface area contributed by atoms with Gasteiger partial charge in [0.15, 0.2) is 0 Å². The van der Waals surface area contributed by atoms with Gasteiger partial charge in [0.1, 0.15) is 12.4 Å². The highest BCUT2D eigenvalue weighted by molar-refractivity contribution is 6.30. The van der Waals surface area contributed by atoms with E-state index in [2.05, 4.69) is 9.97 Å². The lowest BCUT2D eigenvalue weighted by Gasteiger charge is -2.20. The number of fused-ring (bicyclic) bond motifs is 3. The first-order valence-electron chi connectivity index (χ1n) is 11.9. The molecule has 0 saturated heterocycles. The average molecular weight is 504 g/mol. The van der Waals surface area contributed by atoms with Gasteiger partial charge in [-0.1, -0.05) is 11.6 Å². The normalized spacial score (nSPS) is 15.1. The monoisotopic (exact) mass is 503 g/mol. The molecule has 1 unspecified atom stereocenters.